The lowest BCUT2D eigenvalue weighted by Gasteiger charge is -2.24. The molecule has 4 rings (SSSR count). The van der Waals surface area contributed by atoms with Gasteiger partial charge in [0.25, 0.3) is 5.56 Å². The summed E-state index contributed by atoms with van der Waals surface area (Å²) in [5.41, 5.74) is 1.01. The number of anilines is 3. The Hall–Kier alpha value is -2.89. The first-order valence-electron chi connectivity index (χ1n) is 9.18. The molecule has 1 aliphatic carbocycles. The molecule has 3 N–H and O–H groups in total. The van der Waals surface area contributed by atoms with Crippen molar-refractivity contribution in [1.29, 1.82) is 0 Å². The number of aromatic amines is 1. The van der Waals surface area contributed by atoms with Crippen molar-refractivity contribution in [2.45, 2.75) is 45.1 Å². The van der Waals surface area contributed by atoms with Crippen LogP contribution in [0.1, 0.15) is 37.7 Å². The second-order valence-electron chi connectivity index (χ2n) is 6.95. The predicted octanol–water partition coefficient (Wildman–Crippen LogP) is 4.11. The van der Waals surface area contributed by atoms with Gasteiger partial charge in [0.05, 0.1) is 5.39 Å². The molecule has 26 heavy (non-hydrogen) atoms. The number of hydrogen-bond acceptors (Lipinski definition) is 5. The quantitative estimate of drug-likeness (QED) is 0.660. The molecule has 0 amide bonds. The van der Waals surface area contributed by atoms with Crippen LogP contribution in [-0.4, -0.2) is 21.0 Å². The molecule has 0 aliphatic heterocycles. The van der Waals surface area contributed by atoms with E-state index in [0.717, 1.165) is 29.6 Å². The zero-order chi connectivity index (χ0) is 17.9. The van der Waals surface area contributed by atoms with Crippen molar-refractivity contribution in [3.05, 3.63) is 52.6 Å². The number of aryl methyl sites for hydroxylation is 1. The van der Waals surface area contributed by atoms with Gasteiger partial charge in [0.2, 0.25) is 0 Å². The Balaban J connectivity index is 1.73. The molecule has 134 valence electrons. The van der Waals surface area contributed by atoms with Crippen molar-refractivity contribution in [2.75, 3.05) is 10.6 Å². The number of aromatic nitrogens is 3. The van der Waals surface area contributed by atoms with Crippen LogP contribution in [-0.2, 0) is 0 Å². The van der Waals surface area contributed by atoms with Gasteiger partial charge in [-0.1, -0.05) is 19.3 Å². The summed E-state index contributed by atoms with van der Waals surface area (Å²) in [5, 5.41) is 8.24. The number of hydrogen-bond donors (Lipinski definition) is 3. The standard InChI is InChI=1S/C20H23N5O/c1-13-7-9-21-16(11-13)24-17-12-14-8-10-22-20(26)18(14)19(25-17)23-15-5-3-2-4-6-15/h7-12,15H,2-6H2,1H3,(H,22,26)(H2,21,23,24,25). The van der Waals surface area contributed by atoms with E-state index in [1.54, 1.807) is 12.4 Å². The second-order valence-corrected chi connectivity index (χ2v) is 6.95. The molecular weight excluding hydrogens is 326 g/mol. The van der Waals surface area contributed by atoms with E-state index in [1.807, 2.05) is 31.2 Å². The van der Waals surface area contributed by atoms with Gasteiger partial charge in [-0.05, 0) is 55.0 Å². The number of nitrogens with zero attached hydrogens (tertiary/aromatic N) is 2. The molecule has 0 saturated heterocycles. The Morgan fingerprint density at radius 1 is 1.12 bits per heavy atom. The number of fused-ring (bicyclic) bond motifs is 1. The summed E-state index contributed by atoms with van der Waals surface area (Å²) in [4.78, 5) is 24.2. The number of nitrogens with one attached hydrogen (secondary N) is 3. The zero-order valence-electron chi connectivity index (χ0n) is 14.9. The Morgan fingerprint density at radius 3 is 2.77 bits per heavy atom. The van der Waals surface area contributed by atoms with E-state index in [-0.39, 0.29) is 5.56 Å². The summed E-state index contributed by atoms with van der Waals surface area (Å²) in [5.74, 6) is 2.07. The molecule has 6 nitrogen and oxygen atoms in total. The van der Waals surface area contributed by atoms with E-state index in [2.05, 4.69) is 20.6 Å². The first-order valence-corrected chi connectivity index (χ1v) is 9.18. The maximum absolute atomic E-state index is 12.4. The maximum Gasteiger partial charge on any atom is 0.259 e. The highest BCUT2D eigenvalue weighted by Gasteiger charge is 2.17. The molecule has 0 bridgehead atoms. The van der Waals surface area contributed by atoms with Gasteiger partial charge in [0.1, 0.15) is 17.5 Å². The van der Waals surface area contributed by atoms with Crippen molar-refractivity contribution < 1.29 is 0 Å². The van der Waals surface area contributed by atoms with Gasteiger partial charge in [-0.15, -0.1) is 0 Å². The Labute approximate surface area is 152 Å². The van der Waals surface area contributed by atoms with Crippen LogP contribution in [0.25, 0.3) is 10.8 Å². The van der Waals surface area contributed by atoms with Gasteiger partial charge in [0, 0.05) is 18.4 Å². The van der Waals surface area contributed by atoms with Crippen LogP contribution in [0.15, 0.2) is 41.5 Å². The minimum absolute atomic E-state index is 0.117. The third kappa shape index (κ3) is 3.54. The lowest BCUT2D eigenvalue weighted by molar-refractivity contribution is 0.462. The van der Waals surface area contributed by atoms with Crippen molar-refractivity contribution in [1.82, 2.24) is 15.0 Å². The Morgan fingerprint density at radius 2 is 1.96 bits per heavy atom. The molecule has 1 aliphatic rings. The molecule has 1 fully saturated rings. The highest BCUT2D eigenvalue weighted by atomic mass is 16.1. The molecule has 0 spiro atoms. The molecule has 0 radical (unpaired) electrons. The minimum atomic E-state index is -0.117. The number of pyridine rings is 3. The van der Waals surface area contributed by atoms with Gasteiger partial charge in [-0.2, -0.15) is 0 Å². The Bertz CT molecular complexity index is 975. The smallest absolute Gasteiger partial charge is 0.259 e. The topological polar surface area (TPSA) is 82.7 Å². The summed E-state index contributed by atoms with van der Waals surface area (Å²) >= 11 is 0. The molecule has 3 aromatic rings. The van der Waals surface area contributed by atoms with E-state index in [0.29, 0.717) is 23.1 Å². The highest BCUT2D eigenvalue weighted by Crippen LogP contribution is 2.27. The third-order valence-electron chi connectivity index (χ3n) is 4.87. The van der Waals surface area contributed by atoms with E-state index < -0.39 is 0 Å². The largest absolute Gasteiger partial charge is 0.367 e. The molecule has 3 heterocycles. The van der Waals surface area contributed by atoms with Gasteiger partial charge >= 0.3 is 0 Å². The van der Waals surface area contributed by atoms with Crippen LogP contribution < -0.4 is 16.2 Å². The zero-order valence-corrected chi connectivity index (χ0v) is 14.9. The van der Waals surface area contributed by atoms with Gasteiger partial charge < -0.3 is 15.6 Å². The van der Waals surface area contributed by atoms with E-state index in [9.17, 15) is 4.79 Å². The van der Waals surface area contributed by atoms with Gasteiger partial charge in [0.15, 0.2) is 0 Å². The number of H-pyrrole nitrogens is 1. The lowest BCUT2D eigenvalue weighted by atomic mass is 9.95. The lowest BCUT2D eigenvalue weighted by Crippen LogP contribution is -2.24. The average Bonchev–Trinajstić information content (AvgIpc) is 2.62. The summed E-state index contributed by atoms with van der Waals surface area (Å²) in [6.07, 6.45) is 9.39. The minimum Gasteiger partial charge on any atom is -0.367 e. The average molecular weight is 349 g/mol. The van der Waals surface area contributed by atoms with E-state index in [1.165, 1.54) is 19.3 Å². The number of rotatable bonds is 4. The van der Waals surface area contributed by atoms with Crippen LogP contribution in [0, 0.1) is 6.92 Å². The summed E-state index contributed by atoms with van der Waals surface area (Å²) in [6, 6.07) is 8.08. The monoisotopic (exact) mass is 349 g/mol. The fraction of sp³-hybridized carbons (Fsp3) is 0.350. The Kier molecular flexibility index (Phi) is 4.56. The van der Waals surface area contributed by atoms with Crippen LogP contribution in [0.4, 0.5) is 17.5 Å². The van der Waals surface area contributed by atoms with Crippen LogP contribution in [0.5, 0.6) is 0 Å². The van der Waals surface area contributed by atoms with Crippen molar-refractivity contribution in [3.8, 4) is 0 Å². The molecule has 6 heteroatoms. The summed E-state index contributed by atoms with van der Waals surface area (Å²) in [6.45, 7) is 2.02. The van der Waals surface area contributed by atoms with Crippen molar-refractivity contribution >= 4 is 28.2 Å². The first-order chi connectivity index (χ1) is 12.7. The fourth-order valence-corrected chi connectivity index (χ4v) is 3.56. The normalized spacial score (nSPS) is 15.1. The van der Waals surface area contributed by atoms with E-state index in [4.69, 9.17) is 4.98 Å². The van der Waals surface area contributed by atoms with E-state index >= 15 is 0 Å². The third-order valence-corrected chi connectivity index (χ3v) is 4.87. The second kappa shape index (κ2) is 7.15. The molecular formula is C20H23N5O. The molecule has 0 aromatic carbocycles. The first kappa shape index (κ1) is 16.6. The maximum atomic E-state index is 12.4. The van der Waals surface area contributed by atoms with Crippen LogP contribution in [0.2, 0.25) is 0 Å². The van der Waals surface area contributed by atoms with Crippen LogP contribution >= 0.6 is 0 Å². The van der Waals surface area contributed by atoms with Crippen LogP contribution in [0.3, 0.4) is 0 Å². The SMILES string of the molecule is Cc1ccnc(Nc2cc3cc[nH]c(=O)c3c(NC3CCCCC3)n2)c1. The van der Waals surface area contributed by atoms with Gasteiger partial charge in [-0.25, -0.2) is 9.97 Å². The van der Waals surface area contributed by atoms with Crippen molar-refractivity contribution in [2.24, 2.45) is 0 Å². The fourth-order valence-electron chi connectivity index (χ4n) is 3.56. The highest BCUT2D eigenvalue weighted by molar-refractivity contribution is 5.93. The van der Waals surface area contributed by atoms with Gasteiger partial charge in [-0.3, -0.25) is 4.79 Å². The molecule has 1 saturated carbocycles. The summed E-state index contributed by atoms with van der Waals surface area (Å²) < 4.78 is 0. The molecule has 0 unspecified atom stereocenters. The predicted molar refractivity (Wildman–Crippen MR) is 105 cm³/mol. The van der Waals surface area contributed by atoms with Crippen molar-refractivity contribution in [3.63, 3.8) is 0 Å². The molecule has 3 aromatic heterocycles. The summed E-state index contributed by atoms with van der Waals surface area (Å²) in [7, 11) is 0. The molecule has 0 atom stereocenters.